The van der Waals surface area contributed by atoms with Crippen LogP contribution in [0, 0.1) is 5.82 Å². The number of hydrogen-bond acceptors (Lipinski definition) is 7. The number of carbonyl (C=O) groups excluding carboxylic acids is 1. The van der Waals surface area contributed by atoms with Crippen molar-refractivity contribution in [3.8, 4) is 22.8 Å². The monoisotopic (exact) mass is 679 g/mol. The lowest BCUT2D eigenvalue weighted by Crippen LogP contribution is -2.48. The Morgan fingerprint density at radius 1 is 1.14 bits per heavy atom. The zero-order chi connectivity index (χ0) is 31.7. The number of nitrogens with one attached hydrogen (secondary N) is 2. The Hall–Kier alpha value is -3.16. The summed E-state index contributed by atoms with van der Waals surface area (Å²) in [5.41, 5.74) is 3.75. The lowest BCUT2D eigenvalue weighted by Gasteiger charge is -2.18. The quantitative estimate of drug-likeness (QED) is 0.163. The van der Waals surface area contributed by atoms with Crippen molar-refractivity contribution in [3.05, 3.63) is 94.0 Å². The summed E-state index contributed by atoms with van der Waals surface area (Å²) in [5, 5.41) is 8.45. The van der Waals surface area contributed by atoms with E-state index in [0.717, 1.165) is 28.8 Å². The van der Waals surface area contributed by atoms with Crippen LogP contribution in [-0.2, 0) is 27.7 Å². The Labute approximate surface area is 270 Å². The van der Waals surface area contributed by atoms with Crippen LogP contribution in [0.5, 0.6) is 5.88 Å². The highest BCUT2D eigenvalue weighted by Crippen LogP contribution is 2.35. The topological polar surface area (TPSA) is 115 Å². The van der Waals surface area contributed by atoms with E-state index < -0.39 is 27.8 Å². The molecule has 2 N–H and O–H groups in total. The maximum atomic E-state index is 13.3. The SMILES string of the molecule is CSCCc1c(-c2cccnc2)nn(-c2ccc(Cl)c(Cl)c2)c1OCCCNC(=O)[C@H](Cc1ccc(F)cc1)NS(C)(=O)=O. The predicted octanol–water partition coefficient (Wildman–Crippen LogP) is 5.33. The van der Waals surface area contributed by atoms with Gasteiger partial charge in [0.25, 0.3) is 0 Å². The fourth-order valence-electron chi connectivity index (χ4n) is 4.42. The second-order valence-corrected chi connectivity index (χ2v) is 13.5. The number of halogens is 3. The first-order chi connectivity index (χ1) is 21.1. The number of ether oxygens (including phenoxy) is 1. The summed E-state index contributed by atoms with van der Waals surface area (Å²) in [6.07, 6.45) is 7.62. The zero-order valence-corrected chi connectivity index (χ0v) is 27.2. The first-order valence-corrected chi connectivity index (χ1v) is 17.7. The fraction of sp³-hybridized carbons (Fsp3) is 0.300. The van der Waals surface area contributed by atoms with Gasteiger partial charge in [0.15, 0.2) is 0 Å². The van der Waals surface area contributed by atoms with Gasteiger partial charge in [0.05, 0.1) is 28.6 Å². The molecule has 2 heterocycles. The van der Waals surface area contributed by atoms with Gasteiger partial charge in [-0.2, -0.15) is 16.9 Å². The number of rotatable bonds is 15. The Morgan fingerprint density at radius 2 is 1.91 bits per heavy atom. The van der Waals surface area contributed by atoms with Crippen molar-refractivity contribution in [1.82, 2.24) is 24.8 Å². The normalized spacial score (nSPS) is 12.2. The summed E-state index contributed by atoms with van der Waals surface area (Å²) < 4.78 is 47.5. The first kappa shape index (κ1) is 33.7. The third kappa shape index (κ3) is 9.42. The lowest BCUT2D eigenvalue weighted by atomic mass is 10.1. The number of pyridine rings is 1. The van der Waals surface area contributed by atoms with Gasteiger partial charge in [0.2, 0.25) is 21.8 Å². The second-order valence-electron chi connectivity index (χ2n) is 9.89. The van der Waals surface area contributed by atoms with Crippen molar-refractivity contribution < 1.29 is 22.3 Å². The van der Waals surface area contributed by atoms with Gasteiger partial charge in [-0.05, 0) is 79.3 Å². The molecule has 0 aliphatic rings. The van der Waals surface area contributed by atoms with Crippen LogP contribution >= 0.6 is 35.0 Å². The van der Waals surface area contributed by atoms with Crippen LogP contribution in [0.3, 0.4) is 0 Å². The molecule has 0 radical (unpaired) electrons. The van der Waals surface area contributed by atoms with Gasteiger partial charge < -0.3 is 10.1 Å². The van der Waals surface area contributed by atoms with Crippen LogP contribution in [0.1, 0.15) is 17.5 Å². The largest absolute Gasteiger partial charge is 0.477 e. The average Bonchev–Trinajstić information content (AvgIpc) is 3.35. The van der Waals surface area contributed by atoms with E-state index in [-0.39, 0.29) is 19.6 Å². The minimum absolute atomic E-state index is 0.0639. The van der Waals surface area contributed by atoms with Crippen molar-refractivity contribution in [2.24, 2.45) is 0 Å². The van der Waals surface area contributed by atoms with E-state index in [1.807, 2.05) is 18.4 Å². The Kier molecular flexibility index (Phi) is 12.0. The van der Waals surface area contributed by atoms with Crippen LogP contribution < -0.4 is 14.8 Å². The van der Waals surface area contributed by atoms with Gasteiger partial charge in [0.1, 0.15) is 17.6 Å². The van der Waals surface area contributed by atoms with Crippen molar-refractivity contribution in [2.75, 3.05) is 31.4 Å². The number of thioether (sulfide) groups is 1. The van der Waals surface area contributed by atoms with Gasteiger partial charge in [-0.15, -0.1) is 0 Å². The molecule has 0 saturated carbocycles. The van der Waals surface area contributed by atoms with Crippen molar-refractivity contribution in [2.45, 2.75) is 25.3 Å². The maximum Gasteiger partial charge on any atom is 0.238 e. The fourth-order valence-corrected chi connectivity index (χ4v) is 5.83. The number of amides is 1. The summed E-state index contributed by atoms with van der Waals surface area (Å²) in [6, 6.07) is 13.5. The van der Waals surface area contributed by atoms with Crippen LogP contribution in [0.15, 0.2) is 67.0 Å². The number of aromatic nitrogens is 3. The number of nitrogens with zero attached hydrogens (tertiary/aromatic N) is 3. The van der Waals surface area contributed by atoms with Gasteiger partial charge in [-0.3, -0.25) is 9.78 Å². The number of benzene rings is 2. The van der Waals surface area contributed by atoms with E-state index in [9.17, 15) is 17.6 Å². The summed E-state index contributed by atoms with van der Waals surface area (Å²) in [6.45, 7) is 0.453. The Morgan fingerprint density at radius 3 is 2.57 bits per heavy atom. The van der Waals surface area contributed by atoms with E-state index in [1.54, 1.807) is 47.0 Å². The van der Waals surface area contributed by atoms with Gasteiger partial charge >= 0.3 is 0 Å². The van der Waals surface area contributed by atoms with E-state index >= 15 is 0 Å². The molecule has 0 fully saturated rings. The highest BCUT2D eigenvalue weighted by molar-refractivity contribution is 7.98. The van der Waals surface area contributed by atoms with Crippen molar-refractivity contribution in [3.63, 3.8) is 0 Å². The molecule has 2 aromatic heterocycles. The molecule has 1 atom stereocenters. The lowest BCUT2D eigenvalue weighted by molar-refractivity contribution is -0.122. The van der Waals surface area contributed by atoms with Gasteiger partial charge in [0, 0.05) is 30.1 Å². The molecule has 0 bridgehead atoms. The van der Waals surface area contributed by atoms with Crippen molar-refractivity contribution >= 4 is 50.9 Å². The molecule has 0 saturated heterocycles. The summed E-state index contributed by atoms with van der Waals surface area (Å²) in [4.78, 5) is 17.2. The highest BCUT2D eigenvalue weighted by Gasteiger charge is 2.24. The molecule has 1 amide bonds. The van der Waals surface area contributed by atoms with E-state index in [2.05, 4.69) is 15.0 Å². The number of hydrogen-bond donors (Lipinski definition) is 2. The Balaban J connectivity index is 1.50. The summed E-state index contributed by atoms with van der Waals surface area (Å²) in [7, 11) is -3.68. The molecule has 0 aliphatic carbocycles. The first-order valence-electron chi connectivity index (χ1n) is 13.6. The molecule has 234 valence electrons. The minimum Gasteiger partial charge on any atom is -0.477 e. The van der Waals surface area contributed by atoms with E-state index in [1.165, 1.54) is 24.3 Å². The average molecular weight is 681 g/mol. The van der Waals surface area contributed by atoms with Crippen LogP contribution in [0.4, 0.5) is 4.39 Å². The molecule has 0 aliphatic heterocycles. The molecule has 9 nitrogen and oxygen atoms in total. The van der Waals surface area contributed by atoms with E-state index in [4.69, 9.17) is 33.0 Å². The highest BCUT2D eigenvalue weighted by atomic mass is 35.5. The second kappa shape index (κ2) is 15.7. The summed E-state index contributed by atoms with van der Waals surface area (Å²) in [5.74, 6) is 0.446. The van der Waals surface area contributed by atoms with Gasteiger partial charge in [-0.1, -0.05) is 35.3 Å². The molecule has 2 aromatic carbocycles. The molecule has 44 heavy (non-hydrogen) atoms. The molecule has 14 heteroatoms. The van der Waals surface area contributed by atoms with Crippen LogP contribution in [0.2, 0.25) is 10.0 Å². The zero-order valence-electron chi connectivity index (χ0n) is 24.1. The molecule has 0 unspecified atom stereocenters. The van der Waals surface area contributed by atoms with Gasteiger partial charge in [-0.25, -0.2) is 22.2 Å². The standard InChI is InChI=1S/C30H32Cl2FN5O4S2/c1-43-16-12-24-28(21-5-3-13-34-19-21)36-38(23-10-11-25(31)26(32)18-23)30(24)42-15-4-14-35-29(39)27(37-44(2,40)41)17-20-6-8-22(33)9-7-20/h3,5-11,13,18-19,27,37H,4,12,14-17H2,1-2H3,(H,35,39)/t27-/m0/s1. The summed E-state index contributed by atoms with van der Waals surface area (Å²) >= 11 is 14.2. The van der Waals surface area contributed by atoms with Crippen LogP contribution in [0.25, 0.3) is 16.9 Å². The third-order valence-corrected chi connectivity index (χ3v) is 8.52. The smallest absolute Gasteiger partial charge is 0.238 e. The van der Waals surface area contributed by atoms with E-state index in [0.29, 0.717) is 40.0 Å². The minimum atomic E-state index is -3.68. The Bertz CT molecular complexity index is 1670. The van der Waals surface area contributed by atoms with Crippen molar-refractivity contribution in [1.29, 1.82) is 0 Å². The molecular weight excluding hydrogens is 648 g/mol. The molecule has 0 spiro atoms. The number of carbonyl (C=O) groups is 1. The third-order valence-electron chi connectivity index (χ3n) is 6.46. The number of sulfonamides is 1. The predicted molar refractivity (Wildman–Crippen MR) is 174 cm³/mol. The molecular formula is C30H32Cl2FN5O4S2. The maximum absolute atomic E-state index is 13.3. The molecule has 4 aromatic rings. The molecule has 4 rings (SSSR count). The van der Waals surface area contributed by atoms with Crippen LogP contribution in [-0.4, -0.2) is 66.5 Å².